The van der Waals surface area contributed by atoms with Crippen LogP contribution in [-0.4, -0.2) is 37.2 Å². The standard InChI is InChI=1S/C17H23BN4O4S/c1-11(2)15-17(3,4)26-18(25-15)12-8-14(16(19)21-9-12)27(23,24)22-13-6-5-7-20-10-13/h5-11,15,22H,1-4H3,(H2,19,21). The molecule has 8 nitrogen and oxygen atoms in total. The molecule has 1 aliphatic rings. The van der Waals surface area contributed by atoms with Gasteiger partial charge in [-0.3, -0.25) is 9.71 Å². The van der Waals surface area contributed by atoms with Gasteiger partial charge in [-0.1, -0.05) is 13.8 Å². The van der Waals surface area contributed by atoms with Gasteiger partial charge in [0.05, 0.1) is 23.6 Å². The smallest absolute Gasteiger partial charge is 0.401 e. The molecular weight excluding hydrogens is 367 g/mol. The maximum absolute atomic E-state index is 12.7. The highest BCUT2D eigenvalue weighted by Crippen LogP contribution is 2.32. The third kappa shape index (κ3) is 4.07. The molecule has 0 bridgehead atoms. The van der Waals surface area contributed by atoms with E-state index < -0.39 is 22.7 Å². The molecule has 27 heavy (non-hydrogen) atoms. The van der Waals surface area contributed by atoms with Crippen molar-refractivity contribution in [1.29, 1.82) is 0 Å². The van der Waals surface area contributed by atoms with Crippen LogP contribution in [0.15, 0.2) is 41.7 Å². The zero-order valence-electron chi connectivity index (χ0n) is 15.7. The van der Waals surface area contributed by atoms with Crippen molar-refractivity contribution in [2.24, 2.45) is 5.92 Å². The number of pyridine rings is 2. The number of hydrogen-bond donors (Lipinski definition) is 2. The summed E-state index contributed by atoms with van der Waals surface area (Å²) in [4.78, 5) is 7.79. The Morgan fingerprint density at radius 1 is 1.33 bits per heavy atom. The van der Waals surface area contributed by atoms with E-state index >= 15 is 0 Å². The van der Waals surface area contributed by atoms with E-state index in [1.807, 2.05) is 27.7 Å². The minimum absolute atomic E-state index is 0.104. The maximum atomic E-state index is 12.7. The summed E-state index contributed by atoms with van der Waals surface area (Å²) in [6.07, 6.45) is 4.30. The van der Waals surface area contributed by atoms with Crippen molar-refractivity contribution in [1.82, 2.24) is 9.97 Å². The highest BCUT2D eigenvalue weighted by Gasteiger charge is 2.47. The largest absolute Gasteiger partial charge is 0.496 e. The van der Waals surface area contributed by atoms with Crippen LogP contribution in [0.4, 0.5) is 11.5 Å². The van der Waals surface area contributed by atoms with Crippen LogP contribution in [0.25, 0.3) is 0 Å². The average Bonchev–Trinajstić information content (AvgIpc) is 2.91. The molecule has 3 N–H and O–H groups in total. The van der Waals surface area contributed by atoms with Gasteiger partial charge in [0.2, 0.25) is 0 Å². The molecule has 2 aromatic rings. The SMILES string of the molecule is CC(C)C1OB(c2cnc(N)c(S(=O)(=O)Nc3cccnc3)c2)OC1(C)C. The Bertz CT molecular complexity index is 922. The molecule has 0 radical (unpaired) electrons. The molecule has 10 heteroatoms. The zero-order chi connectivity index (χ0) is 19.8. The van der Waals surface area contributed by atoms with Crippen LogP contribution in [0, 0.1) is 5.92 Å². The number of nitrogen functional groups attached to an aromatic ring is 1. The van der Waals surface area contributed by atoms with Crippen LogP contribution in [0.3, 0.4) is 0 Å². The van der Waals surface area contributed by atoms with Crippen molar-refractivity contribution in [3.05, 3.63) is 36.8 Å². The molecule has 1 saturated heterocycles. The predicted molar refractivity (Wildman–Crippen MR) is 104 cm³/mol. The lowest BCUT2D eigenvalue weighted by Gasteiger charge is -2.28. The average molecular weight is 390 g/mol. The van der Waals surface area contributed by atoms with Gasteiger partial charge < -0.3 is 15.0 Å². The maximum Gasteiger partial charge on any atom is 0.496 e. The van der Waals surface area contributed by atoms with Crippen LogP contribution in [-0.2, 0) is 19.3 Å². The van der Waals surface area contributed by atoms with Crippen molar-refractivity contribution in [3.8, 4) is 0 Å². The molecular formula is C17H23BN4O4S. The van der Waals surface area contributed by atoms with Crippen LogP contribution >= 0.6 is 0 Å². The third-order valence-electron chi connectivity index (χ3n) is 4.35. The van der Waals surface area contributed by atoms with Crippen molar-refractivity contribution in [3.63, 3.8) is 0 Å². The highest BCUT2D eigenvalue weighted by atomic mass is 32.2. The Morgan fingerprint density at radius 3 is 2.67 bits per heavy atom. The van der Waals surface area contributed by atoms with Gasteiger partial charge in [0.25, 0.3) is 10.0 Å². The van der Waals surface area contributed by atoms with Gasteiger partial charge in [-0.05, 0) is 38.0 Å². The molecule has 2 aromatic heterocycles. The number of nitrogens with zero attached hydrogens (tertiary/aromatic N) is 2. The summed E-state index contributed by atoms with van der Waals surface area (Å²) in [6.45, 7) is 7.99. The van der Waals surface area contributed by atoms with Gasteiger partial charge in [-0.2, -0.15) is 0 Å². The van der Waals surface area contributed by atoms with E-state index in [-0.39, 0.29) is 22.7 Å². The van der Waals surface area contributed by atoms with Crippen LogP contribution < -0.4 is 15.9 Å². The quantitative estimate of drug-likeness (QED) is 0.742. The second kappa shape index (κ2) is 7.10. The van der Waals surface area contributed by atoms with Crippen LogP contribution in [0.2, 0.25) is 0 Å². The molecule has 3 rings (SSSR count). The van der Waals surface area contributed by atoms with E-state index in [0.717, 1.165) is 0 Å². The van der Waals surface area contributed by atoms with E-state index in [0.29, 0.717) is 11.2 Å². The zero-order valence-corrected chi connectivity index (χ0v) is 16.5. The Morgan fingerprint density at radius 2 is 2.07 bits per heavy atom. The fourth-order valence-corrected chi connectivity index (χ4v) is 4.38. The first-order valence-corrected chi connectivity index (χ1v) is 10.1. The summed E-state index contributed by atoms with van der Waals surface area (Å²) in [6, 6.07) is 4.66. The van der Waals surface area contributed by atoms with Gasteiger partial charge in [0.1, 0.15) is 10.7 Å². The van der Waals surface area contributed by atoms with E-state index in [4.69, 9.17) is 15.0 Å². The Balaban J connectivity index is 1.91. The Labute approximate surface area is 159 Å². The first kappa shape index (κ1) is 19.6. The van der Waals surface area contributed by atoms with Gasteiger partial charge in [0.15, 0.2) is 0 Å². The molecule has 1 atom stereocenters. The van der Waals surface area contributed by atoms with Crippen molar-refractivity contribution in [2.45, 2.75) is 44.3 Å². The fourth-order valence-electron chi connectivity index (χ4n) is 3.22. The predicted octanol–water partition coefficient (Wildman–Crippen LogP) is 1.40. The summed E-state index contributed by atoms with van der Waals surface area (Å²) < 4.78 is 40.0. The second-order valence-electron chi connectivity index (χ2n) is 7.35. The number of nitrogens with two attached hydrogens (primary N) is 1. The molecule has 0 spiro atoms. The van der Waals surface area contributed by atoms with E-state index in [9.17, 15) is 8.42 Å². The first-order chi connectivity index (χ1) is 12.6. The molecule has 0 aliphatic carbocycles. The number of hydrogen-bond acceptors (Lipinski definition) is 7. The number of anilines is 2. The summed E-state index contributed by atoms with van der Waals surface area (Å²) in [5.41, 5.74) is 6.15. The first-order valence-electron chi connectivity index (χ1n) is 8.62. The van der Waals surface area contributed by atoms with Crippen LogP contribution in [0.1, 0.15) is 27.7 Å². The van der Waals surface area contributed by atoms with Crippen molar-refractivity contribution in [2.75, 3.05) is 10.5 Å². The van der Waals surface area contributed by atoms with Crippen molar-refractivity contribution >= 4 is 34.1 Å². The summed E-state index contributed by atoms with van der Waals surface area (Å²) >= 11 is 0. The van der Waals surface area contributed by atoms with Gasteiger partial charge >= 0.3 is 7.12 Å². The molecule has 0 amide bonds. The molecule has 1 unspecified atom stereocenters. The minimum Gasteiger partial charge on any atom is -0.401 e. The van der Waals surface area contributed by atoms with Crippen molar-refractivity contribution < 1.29 is 17.7 Å². The number of nitrogens with one attached hydrogen (secondary N) is 1. The second-order valence-corrected chi connectivity index (χ2v) is 9.00. The lowest BCUT2D eigenvalue weighted by Crippen LogP contribution is -2.37. The normalized spacial score (nSPS) is 19.4. The van der Waals surface area contributed by atoms with Gasteiger partial charge in [0, 0.05) is 17.9 Å². The lowest BCUT2D eigenvalue weighted by molar-refractivity contribution is 0.0438. The van der Waals surface area contributed by atoms with Crippen LogP contribution in [0.5, 0.6) is 0 Å². The Kier molecular flexibility index (Phi) is 5.15. The van der Waals surface area contributed by atoms with Gasteiger partial charge in [-0.25, -0.2) is 13.4 Å². The Hall–Kier alpha value is -2.17. The molecule has 1 aliphatic heterocycles. The minimum atomic E-state index is -3.94. The van der Waals surface area contributed by atoms with E-state index in [1.54, 1.807) is 18.3 Å². The molecule has 0 saturated carbocycles. The number of rotatable bonds is 5. The van der Waals surface area contributed by atoms with Gasteiger partial charge in [-0.15, -0.1) is 0 Å². The topological polar surface area (TPSA) is 116 Å². The monoisotopic (exact) mass is 390 g/mol. The highest BCUT2D eigenvalue weighted by molar-refractivity contribution is 7.92. The third-order valence-corrected chi connectivity index (χ3v) is 5.76. The van der Waals surface area contributed by atoms with E-state index in [1.165, 1.54) is 18.5 Å². The molecule has 1 fully saturated rings. The molecule has 144 valence electrons. The summed E-state index contributed by atoms with van der Waals surface area (Å²) in [5.74, 6) is 0.134. The molecule has 0 aromatic carbocycles. The van der Waals surface area contributed by atoms with E-state index in [2.05, 4.69) is 14.7 Å². The number of aromatic nitrogens is 2. The summed E-state index contributed by atoms with van der Waals surface area (Å²) in [5, 5.41) is 0. The fraction of sp³-hybridized carbons (Fsp3) is 0.412. The number of sulfonamides is 1. The summed E-state index contributed by atoms with van der Waals surface area (Å²) in [7, 11) is -4.66. The lowest BCUT2D eigenvalue weighted by atomic mass is 9.80. The molecule has 3 heterocycles.